The summed E-state index contributed by atoms with van der Waals surface area (Å²) < 4.78 is 0. The van der Waals surface area contributed by atoms with Crippen molar-refractivity contribution >= 4 is 17.3 Å². The smallest absolute Gasteiger partial charge is 0.269 e. The number of nitro benzene ring substituents is 1. The molecule has 1 aromatic carbocycles. The summed E-state index contributed by atoms with van der Waals surface area (Å²) in [5.74, 6) is 0. The van der Waals surface area contributed by atoms with E-state index in [1.165, 1.54) is 18.2 Å². The van der Waals surface area contributed by atoms with Crippen LogP contribution in [0.15, 0.2) is 18.2 Å². The van der Waals surface area contributed by atoms with Crippen molar-refractivity contribution in [3.63, 3.8) is 0 Å². The molecule has 2 N–H and O–H groups in total. The van der Waals surface area contributed by atoms with Gasteiger partial charge in [-0.05, 0) is 30.9 Å². The second kappa shape index (κ2) is 5.22. The number of nitro groups is 1. The normalized spacial score (nSPS) is 17.2. The van der Waals surface area contributed by atoms with Crippen molar-refractivity contribution in [1.29, 1.82) is 0 Å². The van der Waals surface area contributed by atoms with Crippen LogP contribution in [0.25, 0.3) is 0 Å². The van der Waals surface area contributed by atoms with Crippen molar-refractivity contribution in [3.05, 3.63) is 38.9 Å². The standard InChI is InChI=1S/C12H15ClN2O3/c13-11-3-2-10(15(17)18)6-9(11)7-14-12(8-16)4-1-5-12/h2-3,6,14,16H,1,4-5,7-8H2. The van der Waals surface area contributed by atoms with E-state index >= 15 is 0 Å². The van der Waals surface area contributed by atoms with Gasteiger partial charge in [0.1, 0.15) is 0 Å². The Hall–Kier alpha value is -1.17. The molecule has 0 heterocycles. The van der Waals surface area contributed by atoms with E-state index in [0.29, 0.717) is 17.1 Å². The first-order chi connectivity index (χ1) is 8.56. The largest absolute Gasteiger partial charge is 0.394 e. The summed E-state index contributed by atoms with van der Waals surface area (Å²) >= 11 is 6.01. The van der Waals surface area contributed by atoms with E-state index in [1.54, 1.807) is 0 Å². The molecular formula is C12H15ClN2O3. The van der Waals surface area contributed by atoms with Crippen molar-refractivity contribution in [3.8, 4) is 0 Å². The summed E-state index contributed by atoms with van der Waals surface area (Å²) in [7, 11) is 0. The van der Waals surface area contributed by atoms with Crippen molar-refractivity contribution in [2.75, 3.05) is 6.61 Å². The minimum absolute atomic E-state index is 0.0304. The Kier molecular flexibility index (Phi) is 3.85. The molecule has 0 unspecified atom stereocenters. The van der Waals surface area contributed by atoms with Crippen molar-refractivity contribution in [2.24, 2.45) is 0 Å². The summed E-state index contributed by atoms with van der Waals surface area (Å²) in [6, 6.07) is 4.39. The Labute approximate surface area is 110 Å². The van der Waals surface area contributed by atoms with Crippen molar-refractivity contribution < 1.29 is 10.0 Å². The molecule has 0 radical (unpaired) electrons. The Morgan fingerprint density at radius 1 is 1.50 bits per heavy atom. The van der Waals surface area contributed by atoms with Crippen LogP contribution in [0.3, 0.4) is 0 Å². The first-order valence-corrected chi connectivity index (χ1v) is 6.23. The summed E-state index contributed by atoms with van der Waals surface area (Å²) in [6.07, 6.45) is 2.95. The highest BCUT2D eigenvalue weighted by Gasteiger charge is 2.35. The lowest BCUT2D eigenvalue weighted by Crippen LogP contribution is -2.53. The fourth-order valence-corrected chi connectivity index (χ4v) is 2.27. The lowest BCUT2D eigenvalue weighted by Gasteiger charge is -2.41. The van der Waals surface area contributed by atoms with E-state index in [4.69, 9.17) is 11.6 Å². The van der Waals surface area contributed by atoms with Crippen LogP contribution in [0.1, 0.15) is 24.8 Å². The molecular weight excluding hydrogens is 256 g/mol. The molecule has 5 nitrogen and oxygen atoms in total. The number of hydrogen-bond acceptors (Lipinski definition) is 4. The number of hydrogen-bond donors (Lipinski definition) is 2. The number of halogens is 1. The summed E-state index contributed by atoms with van der Waals surface area (Å²) in [6.45, 7) is 0.515. The van der Waals surface area contributed by atoms with Gasteiger partial charge in [-0.25, -0.2) is 0 Å². The van der Waals surface area contributed by atoms with Gasteiger partial charge in [-0.1, -0.05) is 11.6 Å². The molecule has 0 bridgehead atoms. The molecule has 1 saturated carbocycles. The van der Waals surface area contributed by atoms with E-state index < -0.39 is 4.92 Å². The summed E-state index contributed by atoms with van der Waals surface area (Å²) in [5.41, 5.74) is 0.488. The molecule has 0 amide bonds. The highest BCUT2D eigenvalue weighted by Crippen LogP contribution is 2.32. The van der Waals surface area contributed by atoms with E-state index in [1.807, 2.05) is 0 Å². The van der Waals surface area contributed by atoms with E-state index in [-0.39, 0.29) is 17.8 Å². The van der Waals surface area contributed by atoms with E-state index in [0.717, 1.165) is 19.3 Å². The summed E-state index contributed by atoms with van der Waals surface area (Å²) in [5, 5.41) is 23.8. The Balaban J connectivity index is 2.08. The maximum Gasteiger partial charge on any atom is 0.269 e. The molecule has 98 valence electrons. The lowest BCUT2D eigenvalue weighted by atomic mass is 9.77. The first kappa shape index (κ1) is 13.3. The number of nitrogens with zero attached hydrogens (tertiary/aromatic N) is 1. The van der Waals surface area contributed by atoms with Crippen LogP contribution in [0, 0.1) is 10.1 Å². The average Bonchev–Trinajstić information content (AvgIpc) is 2.30. The molecule has 0 aliphatic heterocycles. The van der Waals surface area contributed by atoms with Gasteiger partial charge in [-0.3, -0.25) is 10.1 Å². The lowest BCUT2D eigenvalue weighted by molar-refractivity contribution is -0.384. The predicted octanol–water partition coefficient (Wildman–Crippen LogP) is 2.25. The predicted molar refractivity (Wildman–Crippen MR) is 68.6 cm³/mol. The fraction of sp³-hybridized carbons (Fsp3) is 0.500. The summed E-state index contributed by atoms with van der Waals surface area (Å²) in [4.78, 5) is 10.3. The van der Waals surface area contributed by atoms with Gasteiger partial charge >= 0.3 is 0 Å². The van der Waals surface area contributed by atoms with Crippen LogP contribution in [0.5, 0.6) is 0 Å². The molecule has 6 heteroatoms. The molecule has 18 heavy (non-hydrogen) atoms. The van der Waals surface area contributed by atoms with Gasteiger partial charge in [0.25, 0.3) is 5.69 Å². The van der Waals surface area contributed by atoms with Crippen LogP contribution < -0.4 is 5.32 Å². The molecule has 0 atom stereocenters. The quantitative estimate of drug-likeness (QED) is 0.636. The first-order valence-electron chi connectivity index (χ1n) is 5.85. The zero-order chi connectivity index (χ0) is 13.2. The topological polar surface area (TPSA) is 75.4 Å². The molecule has 1 fully saturated rings. The van der Waals surface area contributed by atoms with Crippen LogP contribution in [-0.4, -0.2) is 22.2 Å². The third kappa shape index (κ3) is 2.63. The maximum atomic E-state index is 10.7. The molecule has 2 rings (SSSR count). The zero-order valence-corrected chi connectivity index (χ0v) is 10.6. The molecule has 0 spiro atoms. The molecule has 1 aromatic rings. The minimum Gasteiger partial charge on any atom is -0.394 e. The van der Waals surface area contributed by atoms with Crippen LogP contribution in [0.4, 0.5) is 5.69 Å². The average molecular weight is 271 g/mol. The number of non-ortho nitro benzene ring substituents is 1. The molecule has 1 aliphatic rings. The van der Waals surface area contributed by atoms with Crippen LogP contribution >= 0.6 is 11.6 Å². The molecule has 0 aromatic heterocycles. The maximum absolute atomic E-state index is 10.7. The number of benzene rings is 1. The zero-order valence-electron chi connectivity index (χ0n) is 9.86. The number of nitrogens with one attached hydrogen (secondary N) is 1. The minimum atomic E-state index is -0.439. The van der Waals surface area contributed by atoms with Gasteiger partial charge in [-0.15, -0.1) is 0 Å². The number of aliphatic hydroxyl groups is 1. The SMILES string of the molecule is O=[N+]([O-])c1ccc(Cl)c(CNC2(CO)CCC2)c1. The third-order valence-corrected chi connectivity index (χ3v) is 3.88. The van der Waals surface area contributed by atoms with Crippen LogP contribution in [-0.2, 0) is 6.54 Å². The number of aliphatic hydroxyl groups excluding tert-OH is 1. The Morgan fingerprint density at radius 3 is 2.72 bits per heavy atom. The Morgan fingerprint density at radius 2 is 2.22 bits per heavy atom. The van der Waals surface area contributed by atoms with Gasteiger partial charge < -0.3 is 10.4 Å². The fourth-order valence-electron chi connectivity index (χ4n) is 2.09. The highest BCUT2D eigenvalue weighted by molar-refractivity contribution is 6.31. The van der Waals surface area contributed by atoms with Crippen LogP contribution in [0.2, 0.25) is 5.02 Å². The highest BCUT2D eigenvalue weighted by atomic mass is 35.5. The Bertz CT molecular complexity index is 455. The second-order valence-corrected chi connectivity index (χ2v) is 5.09. The molecule has 0 saturated heterocycles. The van der Waals surface area contributed by atoms with Gasteiger partial charge in [0.05, 0.1) is 11.5 Å². The van der Waals surface area contributed by atoms with E-state index in [2.05, 4.69) is 5.32 Å². The van der Waals surface area contributed by atoms with Gasteiger partial charge in [-0.2, -0.15) is 0 Å². The van der Waals surface area contributed by atoms with Gasteiger partial charge in [0.2, 0.25) is 0 Å². The third-order valence-electron chi connectivity index (χ3n) is 3.51. The van der Waals surface area contributed by atoms with Crippen molar-refractivity contribution in [1.82, 2.24) is 5.32 Å². The van der Waals surface area contributed by atoms with Gasteiger partial charge in [0, 0.05) is 29.2 Å². The molecule has 1 aliphatic carbocycles. The van der Waals surface area contributed by atoms with Gasteiger partial charge in [0.15, 0.2) is 0 Å². The van der Waals surface area contributed by atoms with E-state index in [9.17, 15) is 15.2 Å². The monoisotopic (exact) mass is 270 g/mol. The van der Waals surface area contributed by atoms with Crippen molar-refractivity contribution in [2.45, 2.75) is 31.3 Å². The number of rotatable bonds is 5. The second-order valence-electron chi connectivity index (χ2n) is 4.68.